The summed E-state index contributed by atoms with van der Waals surface area (Å²) in [6.45, 7) is 2.83. The van der Waals surface area contributed by atoms with Gasteiger partial charge in [-0.25, -0.2) is 0 Å². The molecule has 0 spiro atoms. The fourth-order valence-corrected chi connectivity index (χ4v) is 2.90. The highest BCUT2D eigenvalue weighted by molar-refractivity contribution is 4.95. The van der Waals surface area contributed by atoms with E-state index in [0.29, 0.717) is 6.42 Å². The lowest BCUT2D eigenvalue weighted by atomic mass is 9.80. The van der Waals surface area contributed by atoms with E-state index in [1.165, 1.54) is 32.1 Å². The minimum atomic E-state index is -1.18. The summed E-state index contributed by atoms with van der Waals surface area (Å²) in [5.74, 6) is -0.365. The Labute approximate surface area is 122 Å². The lowest BCUT2D eigenvalue weighted by molar-refractivity contribution is -0.130. The molecule has 1 saturated carbocycles. The predicted octanol–water partition coefficient (Wildman–Crippen LogP) is 0.400. The molecule has 5 heteroatoms. The van der Waals surface area contributed by atoms with Crippen molar-refractivity contribution in [3.8, 4) is 0 Å². The molecule has 0 unspecified atom stereocenters. The number of aliphatic hydroxyl groups excluding tert-OH is 4. The highest BCUT2D eigenvalue weighted by Crippen LogP contribution is 2.25. The zero-order chi connectivity index (χ0) is 15.0. The molecule has 0 saturated heterocycles. The quantitative estimate of drug-likeness (QED) is 0.396. The molecule has 20 heavy (non-hydrogen) atoms. The number of hydrogen-bond acceptors (Lipinski definition) is 5. The monoisotopic (exact) mass is 289 g/mol. The summed E-state index contributed by atoms with van der Waals surface area (Å²) in [5, 5.41) is 41.9. The average Bonchev–Trinajstić information content (AvgIpc) is 2.46. The second kappa shape index (κ2) is 9.68. The third kappa shape index (κ3) is 5.30. The molecule has 0 aromatic carbocycles. The van der Waals surface area contributed by atoms with Gasteiger partial charge in [0.1, 0.15) is 6.10 Å². The van der Waals surface area contributed by atoms with Crippen molar-refractivity contribution in [1.29, 1.82) is 0 Å². The van der Waals surface area contributed by atoms with Crippen LogP contribution in [0.15, 0.2) is 0 Å². The van der Waals surface area contributed by atoms with Gasteiger partial charge in [0.05, 0.1) is 12.2 Å². The third-order valence-electron chi connectivity index (χ3n) is 4.32. The summed E-state index contributed by atoms with van der Waals surface area (Å²) in [4.78, 5) is 0. The zero-order valence-corrected chi connectivity index (χ0v) is 12.5. The third-order valence-corrected chi connectivity index (χ3v) is 4.32. The van der Waals surface area contributed by atoms with Crippen LogP contribution in [0.3, 0.4) is 0 Å². The summed E-state index contributed by atoms with van der Waals surface area (Å²) < 4.78 is 0. The van der Waals surface area contributed by atoms with Gasteiger partial charge in [0, 0.05) is 18.6 Å². The summed E-state index contributed by atoms with van der Waals surface area (Å²) >= 11 is 0. The molecule has 120 valence electrons. The van der Waals surface area contributed by atoms with Crippen molar-refractivity contribution < 1.29 is 20.4 Å². The normalized spacial score (nSPS) is 34.4. The Morgan fingerprint density at radius 2 is 1.55 bits per heavy atom. The van der Waals surface area contributed by atoms with E-state index in [-0.39, 0.29) is 18.6 Å². The molecule has 5 N–H and O–H groups in total. The van der Waals surface area contributed by atoms with Gasteiger partial charge in [-0.2, -0.15) is 0 Å². The van der Waals surface area contributed by atoms with Crippen molar-refractivity contribution in [3.05, 3.63) is 0 Å². The van der Waals surface area contributed by atoms with E-state index in [4.69, 9.17) is 0 Å². The molecular weight excluding hydrogens is 258 g/mol. The van der Waals surface area contributed by atoms with Crippen LogP contribution in [-0.4, -0.2) is 57.9 Å². The average molecular weight is 289 g/mol. The van der Waals surface area contributed by atoms with Crippen LogP contribution < -0.4 is 5.32 Å². The zero-order valence-electron chi connectivity index (χ0n) is 12.5. The Morgan fingerprint density at radius 1 is 0.900 bits per heavy atom. The van der Waals surface area contributed by atoms with Crippen molar-refractivity contribution in [1.82, 2.24) is 5.32 Å². The van der Waals surface area contributed by atoms with E-state index < -0.39 is 18.3 Å². The lowest BCUT2D eigenvalue weighted by Gasteiger charge is -2.40. The molecule has 0 bridgehead atoms. The maximum atomic E-state index is 9.94. The highest BCUT2D eigenvalue weighted by Gasteiger charge is 2.41. The van der Waals surface area contributed by atoms with E-state index in [1.807, 2.05) is 0 Å². The predicted molar refractivity (Wildman–Crippen MR) is 78.4 cm³/mol. The van der Waals surface area contributed by atoms with Crippen molar-refractivity contribution in [3.63, 3.8) is 0 Å². The molecular formula is C15H31NO4. The summed E-state index contributed by atoms with van der Waals surface area (Å²) in [6, 6.07) is -0.249. The first-order chi connectivity index (χ1) is 9.61. The first-order valence-electron chi connectivity index (χ1n) is 8.00. The molecule has 1 aliphatic rings. The molecule has 0 aliphatic heterocycles. The maximum Gasteiger partial charge on any atom is 0.108 e. The molecule has 0 aromatic heterocycles. The van der Waals surface area contributed by atoms with E-state index in [1.54, 1.807) is 0 Å². The summed E-state index contributed by atoms with van der Waals surface area (Å²) in [6.07, 6.45) is 4.58. The number of hydrogen-bond donors (Lipinski definition) is 5. The Balaban J connectivity index is 2.21. The van der Waals surface area contributed by atoms with Crippen molar-refractivity contribution in [2.24, 2.45) is 5.92 Å². The van der Waals surface area contributed by atoms with E-state index in [9.17, 15) is 20.4 Å². The van der Waals surface area contributed by atoms with Crippen LogP contribution in [0.1, 0.15) is 51.9 Å². The molecule has 0 radical (unpaired) electrons. The molecule has 5 nitrogen and oxygen atoms in total. The van der Waals surface area contributed by atoms with Crippen LogP contribution >= 0.6 is 0 Å². The standard InChI is InChI=1S/C15H31NO4/c1-2-3-4-5-6-7-8-16-12-9-11(10-17)13(18)15(20)14(12)19/h11-20H,2-10H2,1H3/t11-,12-,13+,14+,15+/m1/s1. The van der Waals surface area contributed by atoms with Gasteiger partial charge in [0.2, 0.25) is 0 Å². The van der Waals surface area contributed by atoms with E-state index in [0.717, 1.165) is 13.0 Å². The fraction of sp³-hybridized carbons (Fsp3) is 1.00. The van der Waals surface area contributed by atoms with Crippen LogP contribution in [0.5, 0.6) is 0 Å². The fourth-order valence-electron chi connectivity index (χ4n) is 2.90. The van der Waals surface area contributed by atoms with Gasteiger partial charge in [-0.15, -0.1) is 0 Å². The van der Waals surface area contributed by atoms with Crippen LogP contribution in [-0.2, 0) is 0 Å². The molecule has 0 aromatic rings. The van der Waals surface area contributed by atoms with Gasteiger partial charge in [0.25, 0.3) is 0 Å². The molecule has 5 atom stereocenters. The van der Waals surface area contributed by atoms with Gasteiger partial charge in [-0.05, 0) is 19.4 Å². The second-order valence-electron chi connectivity index (χ2n) is 5.98. The van der Waals surface area contributed by atoms with Crippen LogP contribution in [0, 0.1) is 5.92 Å². The van der Waals surface area contributed by atoms with Gasteiger partial charge >= 0.3 is 0 Å². The van der Waals surface area contributed by atoms with Gasteiger partial charge in [0.15, 0.2) is 0 Å². The summed E-state index contributed by atoms with van der Waals surface area (Å²) in [5.41, 5.74) is 0. The minimum Gasteiger partial charge on any atom is -0.396 e. The van der Waals surface area contributed by atoms with Gasteiger partial charge in [-0.1, -0.05) is 39.0 Å². The largest absolute Gasteiger partial charge is 0.396 e. The van der Waals surface area contributed by atoms with Crippen LogP contribution in [0.2, 0.25) is 0 Å². The van der Waals surface area contributed by atoms with Crippen molar-refractivity contribution >= 4 is 0 Å². The number of nitrogens with one attached hydrogen (secondary N) is 1. The van der Waals surface area contributed by atoms with Gasteiger partial charge < -0.3 is 25.7 Å². The molecule has 0 heterocycles. The molecule has 1 aliphatic carbocycles. The van der Waals surface area contributed by atoms with Crippen molar-refractivity contribution in [2.45, 2.75) is 76.2 Å². The maximum absolute atomic E-state index is 9.94. The number of unbranched alkanes of at least 4 members (excludes halogenated alkanes) is 5. The van der Waals surface area contributed by atoms with Crippen molar-refractivity contribution in [2.75, 3.05) is 13.2 Å². The first kappa shape index (κ1) is 17.9. The smallest absolute Gasteiger partial charge is 0.108 e. The Kier molecular flexibility index (Phi) is 8.64. The minimum absolute atomic E-state index is 0.167. The molecule has 1 fully saturated rings. The SMILES string of the molecule is CCCCCCCCN[C@@H]1C[C@H](CO)[C@H](O)[C@H](O)[C@H]1O. The van der Waals surface area contributed by atoms with Gasteiger partial charge in [-0.3, -0.25) is 0 Å². The lowest BCUT2D eigenvalue weighted by Crippen LogP contribution is -2.58. The van der Waals surface area contributed by atoms with Crippen LogP contribution in [0.25, 0.3) is 0 Å². The number of rotatable bonds is 9. The summed E-state index contributed by atoms with van der Waals surface area (Å²) in [7, 11) is 0. The topological polar surface area (TPSA) is 93.0 Å². The Hall–Kier alpha value is -0.200. The Bertz CT molecular complexity index is 250. The molecule has 0 amide bonds. The van der Waals surface area contributed by atoms with E-state index in [2.05, 4.69) is 12.2 Å². The Morgan fingerprint density at radius 3 is 2.20 bits per heavy atom. The number of aliphatic hydroxyl groups is 4. The molecule has 1 rings (SSSR count). The first-order valence-corrected chi connectivity index (χ1v) is 8.00. The second-order valence-corrected chi connectivity index (χ2v) is 5.98. The highest BCUT2D eigenvalue weighted by atomic mass is 16.4. The van der Waals surface area contributed by atoms with Crippen LogP contribution in [0.4, 0.5) is 0 Å². The van der Waals surface area contributed by atoms with E-state index >= 15 is 0 Å².